The second-order valence-corrected chi connectivity index (χ2v) is 12.6. The molecular weight excluding hydrogens is 515 g/mol. The number of rotatable bonds is 29. The molecule has 0 aromatic rings. The molecule has 0 spiro atoms. The molecule has 0 aliphatic rings. The molecule has 3 unspecified atom stereocenters. The highest BCUT2D eigenvalue weighted by Crippen LogP contribution is 2.44. The molecule has 0 rings (SSSR count). The first-order valence-corrected chi connectivity index (χ1v) is 17.3. The molecule has 8 heteroatoms. The maximum Gasteiger partial charge on any atom is 0.472 e. The predicted molar refractivity (Wildman–Crippen MR) is 161 cm³/mol. The molecule has 3 atom stereocenters. The highest BCUT2D eigenvalue weighted by molar-refractivity contribution is 7.47. The van der Waals surface area contributed by atoms with Crippen LogP contribution in [-0.4, -0.2) is 41.9 Å². The van der Waals surface area contributed by atoms with Gasteiger partial charge >= 0.3 is 13.8 Å². The molecule has 0 saturated carbocycles. The summed E-state index contributed by atoms with van der Waals surface area (Å²) in [5.41, 5.74) is 0.212. The first-order valence-electron chi connectivity index (χ1n) is 15.8. The van der Waals surface area contributed by atoms with E-state index in [2.05, 4.69) is 20.4 Å². The van der Waals surface area contributed by atoms with Gasteiger partial charge in [-0.25, -0.2) is 9.36 Å². The van der Waals surface area contributed by atoms with Crippen LogP contribution in [0.5, 0.6) is 0 Å². The Labute approximate surface area is 240 Å². The van der Waals surface area contributed by atoms with Crippen LogP contribution in [-0.2, 0) is 23.1 Å². The van der Waals surface area contributed by atoms with Gasteiger partial charge < -0.3 is 14.7 Å². The molecule has 232 valence electrons. The molecule has 0 saturated heterocycles. The molecule has 0 aliphatic carbocycles. The summed E-state index contributed by atoms with van der Waals surface area (Å²) in [6, 6.07) is 0. The van der Waals surface area contributed by atoms with Crippen LogP contribution in [0.3, 0.4) is 0 Å². The number of carbonyl (C=O) groups excluding carboxylic acids is 1. The van der Waals surface area contributed by atoms with Gasteiger partial charge in [-0.3, -0.25) is 9.05 Å². The molecule has 0 bridgehead atoms. The van der Waals surface area contributed by atoms with E-state index in [1.165, 1.54) is 110 Å². The van der Waals surface area contributed by atoms with Gasteiger partial charge in [0.1, 0.15) is 12.7 Å². The van der Waals surface area contributed by atoms with Gasteiger partial charge in [0.25, 0.3) is 0 Å². The number of phosphoric acid groups is 1. The Kier molecular flexibility index (Phi) is 25.7. The summed E-state index contributed by atoms with van der Waals surface area (Å²) >= 11 is 0. The number of hydrogen-bond acceptors (Lipinski definition) is 6. The Balaban J connectivity index is 4.38. The number of esters is 1. The van der Waals surface area contributed by atoms with Crippen LogP contribution in [0.2, 0.25) is 0 Å². The van der Waals surface area contributed by atoms with E-state index in [0.29, 0.717) is 0 Å². The van der Waals surface area contributed by atoms with Crippen molar-refractivity contribution in [3.8, 4) is 0 Å². The molecule has 0 amide bonds. The fourth-order valence-electron chi connectivity index (χ4n) is 4.56. The first kappa shape index (κ1) is 38.3. The van der Waals surface area contributed by atoms with Crippen LogP contribution in [0.15, 0.2) is 12.2 Å². The zero-order chi connectivity index (χ0) is 29.2. The molecule has 0 aromatic heterocycles. The van der Waals surface area contributed by atoms with E-state index in [-0.39, 0.29) is 24.7 Å². The van der Waals surface area contributed by atoms with Crippen molar-refractivity contribution in [2.75, 3.05) is 19.8 Å². The summed E-state index contributed by atoms with van der Waals surface area (Å²) in [6.07, 6.45) is 23.6. The van der Waals surface area contributed by atoms with Crippen molar-refractivity contribution in [2.24, 2.45) is 5.92 Å². The quantitative estimate of drug-likeness (QED) is 0.0396. The van der Waals surface area contributed by atoms with Crippen molar-refractivity contribution in [1.29, 1.82) is 0 Å². The zero-order valence-electron chi connectivity index (χ0n) is 25.5. The van der Waals surface area contributed by atoms with Crippen molar-refractivity contribution in [2.45, 2.75) is 155 Å². The van der Waals surface area contributed by atoms with E-state index in [9.17, 15) is 19.4 Å². The maximum atomic E-state index is 12.4. The summed E-state index contributed by atoms with van der Waals surface area (Å²) < 4.78 is 27.5. The highest BCUT2D eigenvalue weighted by atomic mass is 31.2. The number of hydrogen-bond donors (Lipinski definition) is 2. The van der Waals surface area contributed by atoms with Crippen molar-refractivity contribution in [3.05, 3.63) is 12.2 Å². The number of ether oxygens (including phenoxy) is 1. The van der Waals surface area contributed by atoms with Crippen molar-refractivity contribution in [1.82, 2.24) is 0 Å². The summed E-state index contributed by atoms with van der Waals surface area (Å²) in [7, 11) is -4.31. The van der Waals surface area contributed by atoms with Crippen LogP contribution in [0.4, 0.5) is 0 Å². The molecule has 0 fully saturated rings. The van der Waals surface area contributed by atoms with E-state index < -0.39 is 26.5 Å². The summed E-state index contributed by atoms with van der Waals surface area (Å²) in [6.45, 7) is 8.81. The van der Waals surface area contributed by atoms with Crippen LogP contribution >= 0.6 is 7.82 Å². The lowest BCUT2D eigenvalue weighted by molar-refractivity contribution is -0.142. The SMILES string of the molecule is C=C(C)C(=O)OCC(O)COP(=O)(O)OCC(CCCCCCCCCC)CCCCCCCCCCCC. The number of aliphatic hydroxyl groups excluding tert-OH is 1. The van der Waals surface area contributed by atoms with Gasteiger partial charge in [0.05, 0.1) is 13.2 Å². The minimum Gasteiger partial charge on any atom is -0.460 e. The van der Waals surface area contributed by atoms with Gasteiger partial charge in [-0.05, 0) is 25.7 Å². The minimum absolute atomic E-state index is 0.169. The van der Waals surface area contributed by atoms with Crippen molar-refractivity contribution < 1.29 is 33.1 Å². The molecule has 2 N–H and O–H groups in total. The summed E-state index contributed by atoms with van der Waals surface area (Å²) in [5.74, 6) is -0.419. The van der Waals surface area contributed by atoms with E-state index in [1.54, 1.807) is 0 Å². The molecule has 7 nitrogen and oxygen atoms in total. The first-order chi connectivity index (χ1) is 18.7. The summed E-state index contributed by atoms with van der Waals surface area (Å²) in [4.78, 5) is 21.5. The van der Waals surface area contributed by atoms with E-state index in [4.69, 9.17) is 13.8 Å². The molecule has 0 radical (unpaired) electrons. The molecule has 0 aliphatic heterocycles. The molecule has 0 heterocycles. The number of aliphatic hydroxyl groups is 1. The maximum absolute atomic E-state index is 12.4. The Morgan fingerprint density at radius 2 is 1.08 bits per heavy atom. The van der Waals surface area contributed by atoms with Gasteiger partial charge in [0.2, 0.25) is 0 Å². The van der Waals surface area contributed by atoms with Gasteiger partial charge in [-0.1, -0.05) is 136 Å². The van der Waals surface area contributed by atoms with Crippen LogP contribution in [0.25, 0.3) is 0 Å². The van der Waals surface area contributed by atoms with E-state index in [1.807, 2.05) is 0 Å². The van der Waals surface area contributed by atoms with Gasteiger partial charge in [0, 0.05) is 5.57 Å². The van der Waals surface area contributed by atoms with Crippen LogP contribution in [0, 0.1) is 5.92 Å². The lowest BCUT2D eigenvalue weighted by Gasteiger charge is -2.20. The normalized spacial score (nSPS) is 14.6. The third kappa shape index (κ3) is 26.0. The summed E-state index contributed by atoms with van der Waals surface area (Å²) in [5, 5.41) is 9.89. The molecule has 0 aromatic carbocycles. The Morgan fingerprint density at radius 1 is 0.692 bits per heavy atom. The minimum atomic E-state index is -4.31. The number of phosphoric ester groups is 1. The number of carbonyl (C=O) groups is 1. The highest BCUT2D eigenvalue weighted by Gasteiger charge is 2.25. The second kappa shape index (κ2) is 26.2. The lowest BCUT2D eigenvalue weighted by atomic mass is 9.94. The largest absolute Gasteiger partial charge is 0.472 e. The van der Waals surface area contributed by atoms with E-state index in [0.717, 1.165) is 25.7 Å². The Morgan fingerprint density at radius 3 is 1.49 bits per heavy atom. The fraction of sp³-hybridized carbons (Fsp3) is 0.903. The van der Waals surface area contributed by atoms with Crippen LogP contribution in [0.1, 0.15) is 149 Å². The van der Waals surface area contributed by atoms with E-state index >= 15 is 0 Å². The molecule has 39 heavy (non-hydrogen) atoms. The second-order valence-electron chi connectivity index (χ2n) is 11.2. The van der Waals surface area contributed by atoms with Crippen LogP contribution < -0.4 is 0 Å². The third-order valence-corrected chi connectivity index (χ3v) is 8.04. The van der Waals surface area contributed by atoms with Gasteiger partial charge in [-0.15, -0.1) is 0 Å². The third-order valence-electron chi connectivity index (χ3n) is 7.09. The smallest absolute Gasteiger partial charge is 0.460 e. The topological polar surface area (TPSA) is 102 Å². The predicted octanol–water partition coefficient (Wildman–Crippen LogP) is 9.06. The lowest BCUT2D eigenvalue weighted by Crippen LogP contribution is -2.23. The van der Waals surface area contributed by atoms with Gasteiger partial charge in [0.15, 0.2) is 0 Å². The standard InChI is InChI=1S/C31H61O7P/c1-5-7-9-11-13-15-16-18-20-22-24-29(23-21-19-17-14-12-10-8-6-2)25-37-39(34,35)38-27-30(32)26-36-31(33)28(3)4/h29-30,32H,3,5-27H2,1-2,4H3,(H,34,35). The number of unbranched alkanes of at least 4 members (excludes halogenated alkanes) is 16. The monoisotopic (exact) mass is 576 g/mol. The fourth-order valence-corrected chi connectivity index (χ4v) is 5.39. The molecular formula is C31H61O7P. The van der Waals surface area contributed by atoms with Gasteiger partial charge in [-0.2, -0.15) is 0 Å². The Hall–Kier alpha value is -0.720. The average molecular weight is 577 g/mol. The Bertz CT molecular complexity index is 640. The van der Waals surface area contributed by atoms with Crippen molar-refractivity contribution >= 4 is 13.8 Å². The van der Waals surface area contributed by atoms with Crippen molar-refractivity contribution in [3.63, 3.8) is 0 Å². The zero-order valence-corrected chi connectivity index (χ0v) is 26.4. The average Bonchev–Trinajstić information content (AvgIpc) is 2.91.